The van der Waals surface area contributed by atoms with Gasteiger partial charge < -0.3 is 0 Å². The van der Waals surface area contributed by atoms with Crippen LogP contribution in [0.1, 0.15) is 23.4 Å². The van der Waals surface area contributed by atoms with Gasteiger partial charge in [-0.2, -0.15) is 18.4 Å². The molecule has 0 atom stereocenters. The highest BCUT2D eigenvalue weighted by molar-refractivity contribution is 5.28. The maximum absolute atomic E-state index is 12.9. The van der Waals surface area contributed by atoms with Crippen molar-refractivity contribution in [3.05, 3.63) is 28.8 Å². The quantitative estimate of drug-likeness (QED) is 0.759. The summed E-state index contributed by atoms with van der Waals surface area (Å²) in [6.07, 6.45) is -9.03. The number of hydrogen-bond acceptors (Lipinski definition) is 2. The summed E-state index contributed by atoms with van der Waals surface area (Å²) in [7, 11) is 0. The molecule has 0 spiro atoms. The first-order chi connectivity index (χ1) is 7.77. The fraction of sp³-hybridized carbons (Fsp3) is 0.333. The van der Waals surface area contributed by atoms with Crippen molar-refractivity contribution in [3.8, 4) is 6.07 Å². The number of nitrogens with zero attached hydrogens (tertiary/aromatic N) is 2. The van der Waals surface area contributed by atoms with Crippen molar-refractivity contribution < 1.29 is 26.3 Å². The van der Waals surface area contributed by atoms with Crippen molar-refractivity contribution in [2.45, 2.75) is 19.0 Å². The molecular weight excluding hydrogens is 250 g/mol. The second-order valence-corrected chi connectivity index (χ2v) is 2.99. The van der Waals surface area contributed by atoms with E-state index in [9.17, 15) is 26.3 Å². The molecule has 0 N–H and O–H groups in total. The molecule has 1 rings (SSSR count). The number of halogens is 6. The second-order valence-electron chi connectivity index (χ2n) is 2.99. The van der Waals surface area contributed by atoms with E-state index >= 15 is 0 Å². The van der Waals surface area contributed by atoms with Crippen molar-refractivity contribution in [3.63, 3.8) is 0 Å². The number of hydrogen-bond donors (Lipinski definition) is 0. The van der Waals surface area contributed by atoms with Crippen molar-refractivity contribution in [1.29, 1.82) is 5.26 Å². The van der Waals surface area contributed by atoms with E-state index < -0.39 is 41.8 Å². The normalized spacial score (nSPS) is 11.6. The Morgan fingerprint density at radius 1 is 1.35 bits per heavy atom. The standard InChI is InChI=1S/C9H4F6N2/c10-5-3-4(8(11)12)6(1-2-16)17-7(5)9(13,14)15/h3,8H,1H2. The third kappa shape index (κ3) is 2.87. The maximum Gasteiger partial charge on any atom is 0.436 e. The molecule has 1 aromatic heterocycles. The molecule has 0 unspecified atom stereocenters. The van der Waals surface area contributed by atoms with Gasteiger partial charge in [0.1, 0.15) is 0 Å². The van der Waals surface area contributed by atoms with E-state index in [1.807, 2.05) is 0 Å². The molecule has 0 aromatic carbocycles. The predicted octanol–water partition coefficient (Wildman–Crippen LogP) is 3.24. The highest BCUT2D eigenvalue weighted by Crippen LogP contribution is 2.33. The van der Waals surface area contributed by atoms with E-state index in [2.05, 4.69) is 4.98 Å². The van der Waals surface area contributed by atoms with Crippen LogP contribution in [0.25, 0.3) is 0 Å². The van der Waals surface area contributed by atoms with Gasteiger partial charge in [-0.05, 0) is 6.07 Å². The van der Waals surface area contributed by atoms with Gasteiger partial charge in [-0.3, -0.25) is 0 Å². The summed E-state index contributed by atoms with van der Waals surface area (Å²) >= 11 is 0. The van der Waals surface area contributed by atoms with Crippen LogP contribution in [-0.2, 0) is 12.6 Å². The molecule has 0 bridgehead atoms. The minimum Gasteiger partial charge on any atom is -0.244 e. The summed E-state index contributed by atoms with van der Waals surface area (Å²) in [6, 6.07) is 1.45. The third-order valence-corrected chi connectivity index (χ3v) is 1.84. The molecule has 0 amide bonds. The highest BCUT2D eigenvalue weighted by Gasteiger charge is 2.37. The van der Waals surface area contributed by atoms with Gasteiger partial charge in [-0.25, -0.2) is 18.2 Å². The fourth-order valence-corrected chi connectivity index (χ4v) is 1.15. The number of nitriles is 1. The van der Waals surface area contributed by atoms with E-state index in [-0.39, 0.29) is 6.07 Å². The SMILES string of the molecule is N#CCc1nc(C(F)(F)F)c(F)cc1C(F)F. The smallest absolute Gasteiger partial charge is 0.244 e. The molecule has 0 saturated carbocycles. The first-order valence-electron chi connectivity index (χ1n) is 4.19. The molecule has 2 nitrogen and oxygen atoms in total. The van der Waals surface area contributed by atoms with Crippen LogP contribution in [0.2, 0.25) is 0 Å². The molecule has 0 fully saturated rings. The summed E-state index contributed by atoms with van der Waals surface area (Å²) in [6.45, 7) is 0. The molecule has 1 aromatic rings. The Kier molecular flexibility index (Phi) is 3.60. The van der Waals surface area contributed by atoms with E-state index in [1.54, 1.807) is 0 Å². The molecule has 0 aliphatic carbocycles. The van der Waals surface area contributed by atoms with Crippen molar-refractivity contribution in [2.24, 2.45) is 0 Å². The second kappa shape index (κ2) is 4.61. The fourth-order valence-electron chi connectivity index (χ4n) is 1.15. The average Bonchev–Trinajstić information content (AvgIpc) is 2.18. The number of rotatable bonds is 2. The number of aromatic nitrogens is 1. The number of alkyl halides is 5. The van der Waals surface area contributed by atoms with Crippen LogP contribution in [0.4, 0.5) is 26.3 Å². The van der Waals surface area contributed by atoms with Crippen LogP contribution >= 0.6 is 0 Å². The first-order valence-corrected chi connectivity index (χ1v) is 4.19. The zero-order valence-corrected chi connectivity index (χ0v) is 8.02. The Balaban J connectivity index is 3.41. The molecule has 8 heteroatoms. The van der Waals surface area contributed by atoms with Gasteiger partial charge in [-0.1, -0.05) is 0 Å². The molecule has 0 aliphatic rings. The van der Waals surface area contributed by atoms with Gasteiger partial charge in [0.25, 0.3) is 6.43 Å². The van der Waals surface area contributed by atoms with Gasteiger partial charge in [-0.15, -0.1) is 0 Å². The van der Waals surface area contributed by atoms with Crippen LogP contribution in [0.3, 0.4) is 0 Å². The summed E-state index contributed by atoms with van der Waals surface area (Å²) in [5.41, 5.74) is -3.67. The zero-order chi connectivity index (χ0) is 13.2. The molecule has 17 heavy (non-hydrogen) atoms. The summed E-state index contributed by atoms with van der Waals surface area (Å²) in [5, 5.41) is 8.28. The Labute approximate surface area is 91.5 Å². The molecule has 0 aliphatic heterocycles. The highest BCUT2D eigenvalue weighted by atomic mass is 19.4. The summed E-state index contributed by atoms with van der Waals surface area (Å²) in [5.74, 6) is -1.88. The Morgan fingerprint density at radius 2 is 1.94 bits per heavy atom. The Hall–Kier alpha value is -1.78. The van der Waals surface area contributed by atoms with Crippen LogP contribution in [0, 0.1) is 17.1 Å². The van der Waals surface area contributed by atoms with Crippen molar-refractivity contribution in [2.75, 3.05) is 0 Å². The van der Waals surface area contributed by atoms with E-state index in [0.717, 1.165) is 0 Å². The molecule has 0 radical (unpaired) electrons. The zero-order valence-electron chi connectivity index (χ0n) is 8.02. The van der Waals surface area contributed by atoms with Crippen LogP contribution in [-0.4, -0.2) is 4.98 Å². The maximum atomic E-state index is 12.9. The lowest BCUT2D eigenvalue weighted by atomic mass is 10.1. The van der Waals surface area contributed by atoms with Crippen LogP contribution in [0.15, 0.2) is 6.07 Å². The minimum absolute atomic E-state index is 0.0627. The first kappa shape index (κ1) is 13.3. The Bertz CT molecular complexity index is 460. The third-order valence-electron chi connectivity index (χ3n) is 1.84. The summed E-state index contributed by atoms with van der Waals surface area (Å²) < 4.78 is 74.3. The van der Waals surface area contributed by atoms with Crippen LogP contribution < -0.4 is 0 Å². The minimum atomic E-state index is -5.09. The topological polar surface area (TPSA) is 36.7 Å². The van der Waals surface area contributed by atoms with E-state index in [4.69, 9.17) is 5.26 Å². The molecule has 0 saturated heterocycles. The van der Waals surface area contributed by atoms with Gasteiger partial charge >= 0.3 is 6.18 Å². The largest absolute Gasteiger partial charge is 0.436 e. The van der Waals surface area contributed by atoms with Gasteiger partial charge in [0.05, 0.1) is 18.2 Å². The van der Waals surface area contributed by atoms with Gasteiger partial charge in [0.15, 0.2) is 11.5 Å². The molecule has 1 heterocycles. The Morgan fingerprint density at radius 3 is 2.35 bits per heavy atom. The average molecular weight is 254 g/mol. The lowest BCUT2D eigenvalue weighted by Crippen LogP contribution is -2.14. The van der Waals surface area contributed by atoms with E-state index in [0.29, 0.717) is 0 Å². The lowest BCUT2D eigenvalue weighted by molar-refractivity contribution is -0.143. The molecule has 92 valence electrons. The molecular formula is C9H4F6N2. The van der Waals surface area contributed by atoms with E-state index in [1.165, 1.54) is 6.07 Å². The summed E-state index contributed by atoms with van der Waals surface area (Å²) in [4.78, 5) is 2.75. The van der Waals surface area contributed by atoms with Crippen molar-refractivity contribution >= 4 is 0 Å². The van der Waals surface area contributed by atoms with Gasteiger partial charge in [0, 0.05) is 5.56 Å². The van der Waals surface area contributed by atoms with Crippen LogP contribution in [0.5, 0.6) is 0 Å². The predicted molar refractivity (Wildman–Crippen MR) is 43.5 cm³/mol. The van der Waals surface area contributed by atoms with Gasteiger partial charge in [0.2, 0.25) is 0 Å². The van der Waals surface area contributed by atoms with Crippen molar-refractivity contribution in [1.82, 2.24) is 4.98 Å². The number of pyridine rings is 1. The lowest BCUT2D eigenvalue weighted by Gasteiger charge is -2.11. The monoisotopic (exact) mass is 254 g/mol.